The van der Waals surface area contributed by atoms with Crippen molar-refractivity contribution in [3.05, 3.63) is 24.0 Å². The summed E-state index contributed by atoms with van der Waals surface area (Å²) >= 11 is 0. The van der Waals surface area contributed by atoms with Crippen molar-refractivity contribution in [2.45, 2.75) is 25.6 Å². The average molecular weight is 259 g/mol. The molecule has 1 rings (SSSR count). The van der Waals surface area contributed by atoms with Gasteiger partial charge >= 0.3 is 0 Å². The summed E-state index contributed by atoms with van der Waals surface area (Å²) in [4.78, 5) is 0. The Hall–Kier alpha value is -1.50. The van der Waals surface area contributed by atoms with Crippen LogP contribution in [0.1, 0.15) is 19.5 Å². The predicted molar refractivity (Wildman–Crippen MR) is 65.9 cm³/mol. The van der Waals surface area contributed by atoms with E-state index in [0.717, 1.165) is 0 Å². The van der Waals surface area contributed by atoms with Crippen LogP contribution in [0, 0.1) is 0 Å². The second-order valence-corrected chi connectivity index (χ2v) is 6.66. The monoisotopic (exact) mass is 259 g/mol. The zero-order valence-electron chi connectivity index (χ0n) is 9.87. The van der Waals surface area contributed by atoms with Gasteiger partial charge in [0.2, 0.25) is 0 Å². The normalized spacial score (nSPS) is 13.2. The molecule has 17 heavy (non-hydrogen) atoms. The van der Waals surface area contributed by atoms with Crippen molar-refractivity contribution in [1.82, 2.24) is 4.57 Å². The van der Waals surface area contributed by atoms with E-state index in [1.807, 2.05) is 0 Å². The standard InChI is InChI=1S/C10H17N3O3S/c1-8(2)17(15,16)7-6-13-5-3-4-9(13)10(11)12-14/h3-5,8,14H,6-7H2,1-2H3,(H2,11,12). The Kier molecular flexibility index (Phi) is 4.17. The van der Waals surface area contributed by atoms with Crippen LogP contribution in [0.25, 0.3) is 0 Å². The summed E-state index contributed by atoms with van der Waals surface area (Å²) in [6, 6.07) is 3.38. The lowest BCUT2D eigenvalue weighted by molar-refractivity contribution is 0.318. The maximum absolute atomic E-state index is 11.7. The maximum Gasteiger partial charge on any atom is 0.186 e. The Labute approximate surface area is 101 Å². The highest BCUT2D eigenvalue weighted by Crippen LogP contribution is 2.06. The molecule has 0 saturated heterocycles. The van der Waals surface area contributed by atoms with E-state index in [9.17, 15) is 8.42 Å². The number of rotatable bonds is 5. The van der Waals surface area contributed by atoms with Crippen LogP contribution in [0.2, 0.25) is 0 Å². The minimum Gasteiger partial charge on any atom is -0.409 e. The fourth-order valence-electron chi connectivity index (χ4n) is 1.35. The first-order valence-corrected chi connectivity index (χ1v) is 6.94. The van der Waals surface area contributed by atoms with Gasteiger partial charge in [-0.1, -0.05) is 5.16 Å². The molecule has 1 heterocycles. The van der Waals surface area contributed by atoms with Gasteiger partial charge in [0.05, 0.1) is 16.7 Å². The van der Waals surface area contributed by atoms with E-state index in [1.54, 1.807) is 36.7 Å². The van der Waals surface area contributed by atoms with Crippen LogP contribution in [0.15, 0.2) is 23.5 Å². The molecule has 1 aromatic rings. The highest BCUT2D eigenvalue weighted by Gasteiger charge is 2.16. The van der Waals surface area contributed by atoms with E-state index < -0.39 is 15.1 Å². The third-order valence-corrected chi connectivity index (χ3v) is 4.72. The molecular formula is C10H17N3O3S. The van der Waals surface area contributed by atoms with Gasteiger partial charge in [-0.05, 0) is 26.0 Å². The Morgan fingerprint density at radius 2 is 2.24 bits per heavy atom. The molecule has 0 bridgehead atoms. The lowest BCUT2D eigenvalue weighted by atomic mass is 10.4. The number of amidine groups is 1. The summed E-state index contributed by atoms with van der Waals surface area (Å²) in [5.41, 5.74) is 5.97. The van der Waals surface area contributed by atoms with Crippen LogP contribution in [-0.4, -0.2) is 35.0 Å². The fraction of sp³-hybridized carbons (Fsp3) is 0.500. The van der Waals surface area contributed by atoms with Gasteiger partial charge in [-0.15, -0.1) is 0 Å². The molecule has 0 saturated carbocycles. The molecule has 1 aromatic heterocycles. The number of oxime groups is 1. The minimum absolute atomic E-state index is 0.0306. The first kappa shape index (κ1) is 13.6. The molecular weight excluding hydrogens is 242 g/mol. The number of nitrogens with zero attached hydrogens (tertiary/aromatic N) is 2. The number of nitrogens with two attached hydrogens (primary N) is 1. The van der Waals surface area contributed by atoms with Crippen LogP contribution in [0.5, 0.6) is 0 Å². The smallest absolute Gasteiger partial charge is 0.186 e. The number of sulfone groups is 1. The van der Waals surface area contributed by atoms with Crippen molar-refractivity contribution >= 4 is 15.7 Å². The van der Waals surface area contributed by atoms with Crippen LogP contribution in [0.3, 0.4) is 0 Å². The molecule has 96 valence electrons. The van der Waals surface area contributed by atoms with Gasteiger partial charge in [-0.3, -0.25) is 0 Å². The van der Waals surface area contributed by atoms with Crippen LogP contribution in [0.4, 0.5) is 0 Å². The summed E-state index contributed by atoms with van der Waals surface area (Å²) in [5, 5.41) is 11.1. The molecule has 3 N–H and O–H groups in total. The van der Waals surface area contributed by atoms with Crippen molar-refractivity contribution in [2.75, 3.05) is 5.75 Å². The molecule has 0 unspecified atom stereocenters. The molecule has 0 aliphatic heterocycles. The van der Waals surface area contributed by atoms with Crippen LogP contribution in [-0.2, 0) is 16.4 Å². The van der Waals surface area contributed by atoms with E-state index in [0.29, 0.717) is 12.2 Å². The Bertz CT molecular complexity index is 503. The molecule has 0 fully saturated rings. The van der Waals surface area contributed by atoms with Gasteiger partial charge in [0.15, 0.2) is 15.7 Å². The van der Waals surface area contributed by atoms with E-state index in [-0.39, 0.29) is 11.6 Å². The SMILES string of the molecule is CC(C)S(=O)(=O)CCn1cccc1/C(N)=N/O. The lowest BCUT2D eigenvalue weighted by Gasteiger charge is -2.10. The first-order valence-electron chi connectivity index (χ1n) is 5.23. The fourth-order valence-corrected chi connectivity index (χ4v) is 2.28. The van der Waals surface area contributed by atoms with Gasteiger partial charge in [-0.2, -0.15) is 0 Å². The molecule has 6 nitrogen and oxygen atoms in total. The van der Waals surface area contributed by atoms with Gasteiger partial charge in [0.1, 0.15) is 0 Å². The molecule has 0 radical (unpaired) electrons. The summed E-state index contributed by atoms with van der Waals surface area (Å²) in [6.45, 7) is 3.59. The van der Waals surface area contributed by atoms with E-state index in [1.165, 1.54) is 0 Å². The number of hydrogen-bond acceptors (Lipinski definition) is 4. The largest absolute Gasteiger partial charge is 0.409 e. The molecule has 7 heteroatoms. The number of aryl methyl sites for hydroxylation is 1. The third kappa shape index (κ3) is 3.23. The maximum atomic E-state index is 11.7. The topological polar surface area (TPSA) is 97.7 Å². The van der Waals surface area contributed by atoms with Crippen molar-refractivity contribution < 1.29 is 13.6 Å². The lowest BCUT2D eigenvalue weighted by Crippen LogP contribution is -2.24. The quantitative estimate of drug-likeness (QED) is 0.346. The van der Waals surface area contributed by atoms with Crippen LogP contribution >= 0.6 is 0 Å². The number of aromatic nitrogens is 1. The van der Waals surface area contributed by atoms with Crippen molar-refractivity contribution in [3.63, 3.8) is 0 Å². The molecule has 0 spiro atoms. The molecule has 0 aromatic carbocycles. The minimum atomic E-state index is -3.09. The summed E-state index contributed by atoms with van der Waals surface area (Å²) < 4.78 is 25.0. The molecule has 0 aliphatic rings. The molecule has 0 aliphatic carbocycles. The predicted octanol–water partition coefficient (Wildman–Crippen LogP) is 0.406. The van der Waals surface area contributed by atoms with Crippen molar-refractivity contribution in [2.24, 2.45) is 10.9 Å². The Balaban J connectivity index is 2.81. The molecule has 0 amide bonds. The number of hydrogen-bond donors (Lipinski definition) is 2. The van der Waals surface area contributed by atoms with Gasteiger partial charge in [-0.25, -0.2) is 8.42 Å². The molecule has 0 atom stereocenters. The second kappa shape index (κ2) is 5.22. The Morgan fingerprint density at radius 3 is 2.76 bits per heavy atom. The highest BCUT2D eigenvalue weighted by molar-refractivity contribution is 7.91. The summed E-state index contributed by atoms with van der Waals surface area (Å²) in [5.74, 6) is 0.00219. The van der Waals surface area contributed by atoms with E-state index in [2.05, 4.69) is 5.16 Å². The average Bonchev–Trinajstić information content (AvgIpc) is 2.73. The van der Waals surface area contributed by atoms with Crippen molar-refractivity contribution in [3.8, 4) is 0 Å². The van der Waals surface area contributed by atoms with Gasteiger partial charge in [0, 0.05) is 12.7 Å². The summed E-state index contributed by atoms with van der Waals surface area (Å²) in [6.07, 6.45) is 1.70. The van der Waals surface area contributed by atoms with E-state index >= 15 is 0 Å². The highest BCUT2D eigenvalue weighted by atomic mass is 32.2. The van der Waals surface area contributed by atoms with Crippen molar-refractivity contribution in [1.29, 1.82) is 0 Å². The second-order valence-electron chi connectivity index (χ2n) is 3.99. The van der Waals surface area contributed by atoms with Gasteiger partial charge in [0.25, 0.3) is 0 Å². The Morgan fingerprint density at radius 1 is 1.59 bits per heavy atom. The first-order chi connectivity index (χ1) is 7.88. The third-order valence-electron chi connectivity index (χ3n) is 2.53. The van der Waals surface area contributed by atoms with Crippen LogP contribution < -0.4 is 5.73 Å². The van der Waals surface area contributed by atoms with E-state index in [4.69, 9.17) is 10.9 Å². The van der Waals surface area contributed by atoms with Gasteiger partial charge < -0.3 is 15.5 Å². The zero-order valence-corrected chi connectivity index (χ0v) is 10.7. The zero-order chi connectivity index (χ0) is 13.1. The summed E-state index contributed by atoms with van der Waals surface area (Å²) in [7, 11) is -3.09.